The molecule has 1 heterocycles. The van der Waals surface area contributed by atoms with Crippen LogP contribution in [0.1, 0.15) is 27.4 Å². The van der Waals surface area contributed by atoms with Crippen LogP contribution >= 0.6 is 0 Å². The van der Waals surface area contributed by atoms with E-state index in [-0.39, 0.29) is 0 Å². The summed E-state index contributed by atoms with van der Waals surface area (Å²) >= 11 is 0. The third-order valence-electron chi connectivity index (χ3n) is 2.96. The van der Waals surface area contributed by atoms with Crippen LogP contribution in [0.5, 0.6) is 0 Å². The predicted octanol–water partition coefficient (Wildman–Crippen LogP) is 2.43. The average Bonchev–Trinajstić information content (AvgIpc) is 2.38. The van der Waals surface area contributed by atoms with Gasteiger partial charge in [-0.2, -0.15) is 0 Å². The van der Waals surface area contributed by atoms with Gasteiger partial charge in [-0.25, -0.2) is 14.8 Å². The van der Waals surface area contributed by atoms with E-state index in [2.05, 4.69) is 9.97 Å². The molecule has 5 heteroatoms. The minimum atomic E-state index is -0.910. The number of rotatable bonds is 4. The van der Waals surface area contributed by atoms with Crippen LogP contribution < -0.4 is 4.90 Å². The maximum absolute atomic E-state index is 10.8. The fourth-order valence-electron chi connectivity index (χ4n) is 2.00. The van der Waals surface area contributed by atoms with Crippen LogP contribution in [-0.4, -0.2) is 28.1 Å². The summed E-state index contributed by atoms with van der Waals surface area (Å²) in [4.78, 5) is 21.5. The highest BCUT2D eigenvalue weighted by Crippen LogP contribution is 2.14. The number of hydrogen-bond acceptors (Lipinski definition) is 4. The van der Waals surface area contributed by atoms with Crippen LogP contribution in [0, 0.1) is 13.8 Å². The Morgan fingerprint density at radius 3 is 2.40 bits per heavy atom. The molecule has 1 N–H and O–H groups in total. The van der Waals surface area contributed by atoms with Gasteiger partial charge in [-0.15, -0.1) is 0 Å². The summed E-state index contributed by atoms with van der Waals surface area (Å²) in [6.07, 6.45) is 0. The van der Waals surface area contributed by atoms with Crippen molar-refractivity contribution >= 4 is 11.8 Å². The largest absolute Gasteiger partial charge is 0.478 e. The molecule has 0 fully saturated rings. The Morgan fingerprint density at radius 2 is 1.85 bits per heavy atom. The number of aryl methyl sites for hydroxylation is 2. The minimum absolute atomic E-state index is 0.296. The summed E-state index contributed by atoms with van der Waals surface area (Å²) in [5.41, 5.74) is 2.26. The SMILES string of the molecule is Cc1cc(N(C)Cc2ccc(C(=O)O)cc2)nc(C)n1. The van der Waals surface area contributed by atoms with E-state index in [9.17, 15) is 4.79 Å². The van der Waals surface area contributed by atoms with Gasteiger partial charge in [0.2, 0.25) is 0 Å². The van der Waals surface area contributed by atoms with E-state index in [0.29, 0.717) is 12.1 Å². The molecular formula is C15H17N3O2. The fraction of sp³-hybridized carbons (Fsp3) is 0.267. The van der Waals surface area contributed by atoms with Crippen LogP contribution in [0.4, 0.5) is 5.82 Å². The summed E-state index contributed by atoms with van der Waals surface area (Å²) in [5.74, 6) is 0.692. The summed E-state index contributed by atoms with van der Waals surface area (Å²) in [6.45, 7) is 4.47. The van der Waals surface area contributed by atoms with Crippen molar-refractivity contribution in [1.29, 1.82) is 0 Å². The van der Waals surface area contributed by atoms with Crippen molar-refractivity contribution in [3.63, 3.8) is 0 Å². The van der Waals surface area contributed by atoms with Gasteiger partial charge in [-0.3, -0.25) is 0 Å². The normalized spacial score (nSPS) is 10.3. The van der Waals surface area contributed by atoms with Gasteiger partial charge in [0.25, 0.3) is 0 Å². The molecule has 0 aliphatic rings. The number of carboxylic acid groups (broad SMARTS) is 1. The second-order valence-electron chi connectivity index (χ2n) is 4.77. The Morgan fingerprint density at radius 1 is 1.20 bits per heavy atom. The standard InChI is InChI=1S/C15H17N3O2/c1-10-8-14(17-11(2)16-10)18(3)9-12-4-6-13(7-5-12)15(19)20/h4-8H,9H2,1-3H3,(H,19,20). The highest BCUT2D eigenvalue weighted by molar-refractivity contribution is 5.87. The first-order valence-corrected chi connectivity index (χ1v) is 6.31. The molecule has 2 rings (SSSR count). The third-order valence-corrected chi connectivity index (χ3v) is 2.96. The first-order chi connectivity index (χ1) is 9.45. The zero-order chi connectivity index (χ0) is 14.7. The summed E-state index contributed by atoms with van der Waals surface area (Å²) in [6, 6.07) is 8.80. The lowest BCUT2D eigenvalue weighted by atomic mass is 10.1. The summed E-state index contributed by atoms with van der Waals surface area (Å²) in [7, 11) is 1.95. The number of anilines is 1. The molecule has 0 atom stereocenters. The summed E-state index contributed by atoms with van der Waals surface area (Å²) < 4.78 is 0. The molecule has 1 aromatic carbocycles. The van der Waals surface area contributed by atoms with Crippen LogP contribution in [-0.2, 0) is 6.54 Å². The topological polar surface area (TPSA) is 66.3 Å². The van der Waals surface area contributed by atoms with E-state index in [0.717, 1.165) is 22.9 Å². The molecule has 20 heavy (non-hydrogen) atoms. The first kappa shape index (κ1) is 14.0. The van der Waals surface area contributed by atoms with E-state index >= 15 is 0 Å². The molecular weight excluding hydrogens is 254 g/mol. The van der Waals surface area contributed by atoms with Crippen LogP contribution in [0.2, 0.25) is 0 Å². The van der Waals surface area contributed by atoms with Crippen molar-refractivity contribution in [3.05, 3.63) is 53.0 Å². The molecule has 0 aliphatic heterocycles. The second-order valence-corrected chi connectivity index (χ2v) is 4.77. The zero-order valence-corrected chi connectivity index (χ0v) is 11.8. The predicted molar refractivity (Wildman–Crippen MR) is 77.0 cm³/mol. The molecule has 0 saturated carbocycles. The Hall–Kier alpha value is -2.43. The monoisotopic (exact) mass is 271 g/mol. The lowest BCUT2D eigenvalue weighted by Crippen LogP contribution is -2.18. The molecule has 0 unspecified atom stereocenters. The molecule has 0 amide bonds. The van der Waals surface area contributed by atoms with Crippen molar-refractivity contribution in [1.82, 2.24) is 9.97 Å². The lowest BCUT2D eigenvalue weighted by molar-refractivity contribution is 0.0697. The van der Waals surface area contributed by atoms with Crippen LogP contribution in [0.25, 0.3) is 0 Å². The molecule has 1 aromatic heterocycles. The van der Waals surface area contributed by atoms with Gasteiger partial charge < -0.3 is 10.0 Å². The Balaban J connectivity index is 2.14. The number of hydrogen-bond donors (Lipinski definition) is 1. The molecule has 0 radical (unpaired) electrons. The van der Waals surface area contributed by atoms with Crippen molar-refractivity contribution in [2.75, 3.05) is 11.9 Å². The highest BCUT2D eigenvalue weighted by atomic mass is 16.4. The molecule has 5 nitrogen and oxygen atoms in total. The molecule has 2 aromatic rings. The quantitative estimate of drug-likeness (QED) is 0.925. The smallest absolute Gasteiger partial charge is 0.335 e. The van der Waals surface area contributed by atoms with Gasteiger partial charge in [0.1, 0.15) is 11.6 Å². The van der Waals surface area contributed by atoms with Gasteiger partial charge in [-0.1, -0.05) is 12.1 Å². The van der Waals surface area contributed by atoms with E-state index in [4.69, 9.17) is 5.11 Å². The van der Waals surface area contributed by atoms with Crippen molar-refractivity contribution in [2.45, 2.75) is 20.4 Å². The van der Waals surface area contributed by atoms with E-state index in [1.807, 2.05) is 44.0 Å². The molecule has 104 valence electrons. The van der Waals surface area contributed by atoms with Crippen molar-refractivity contribution in [2.24, 2.45) is 0 Å². The van der Waals surface area contributed by atoms with Crippen LogP contribution in [0.15, 0.2) is 30.3 Å². The van der Waals surface area contributed by atoms with Gasteiger partial charge in [0.05, 0.1) is 5.56 Å². The zero-order valence-electron chi connectivity index (χ0n) is 11.8. The van der Waals surface area contributed by atoms with Crippen LogP contribution in [0.3, 0.4) is 0 Å². The number of benzene rings is 1. The average molecular weight is 271 g/mol. The van der Waals surface area contributed by atoms with Crippen molar-refractivity contribution in [3.8, 4) is 0 Å². The lowest BCUT2D eigenvalue weighted by Gasteiger charge is -2.19. The van der Waals surface area contributed by atoms with E-state index in [1.165, 1.54) is 0 Å². The Labute approximate surface area is 117 Å². The molecule has 0 bridgehead atoms. The van der Waals surface area contributed by atoms with E-state index in [1.54, 1.807) is 12.1 Å². The van der Waals surface area contributed by atoms with Gasteiger partial charge in [0.15, 0.2) is 0 Å². The van der Waals surface area contributed by atoms with Gasteiger partial charge >= 0.3 is 5.97 Å². The molecule has 0 spiro atoms. The first-order valence-electron chi connectivity index (χ1n) is 6.31. The maximum Gasteiger partial charge on any atom is 0.335 e. The van der Waals surface area contributed by atoms with Gasteiger partial charge in [-0.05, 0) is 31.5 Å². The van der Waals surface area contributed by atoms with Gasteiger partial charge in [0, 0.05) is 25.4 Å². The maximum atomic E-state index is 10.8. The fourth-order valence-corrected chi connectivity index (χ4v) is 2.00. The minimum Gasteiger partial charge on any atom is -0.478 e. The highest BCUT2D eigenvalue weighted by Gasteiger charge is 2.07. The third kappa shape index (κ3) is 3.32. The Bertz CT molecular complexity index is 603. The number of carbonyl (C=O) groups is 1. The number of aromatic carboxylic acids is 1. The number of carboxylic acids is 1. The molecule has 0 aliphatic carbocycles. The summed E-state index contributed by atoms with van der Waals surface area (Å²) in [5, 5.41) is 8.87. The van der Waals surface area contributed by atoms with E-state index < -0.39 is 5.97 Å². The van der Waals surface area contributed by atoms with Crippen molar-refractivity contribution < 1.29 is 9.90 Å². The Kier molecular flexibility index (Phi) is 3.98. The number of aromatic nitrogens is 2. The second kappa shape index (κ2) is 5.69. The number of nitrogens with zero attached hydrogens (tertiary/aromatic N) is 3. The molecule has 0 saturated heterocycles.